The molecule has 4 aliphatic carbocycles. The minimum atomic E-state index is -0.287. The monoisotopic (exact) mass is 166 g/mol. The lowest BCUT2D eigenvalue weighted by molar-refractivity contribution is -0.154. The van der Waals surface area contributed by atoms with Gasteiger partial charge < -0.3 is 5.11 Å². The zero-order valence-electron chi connectivity index (χ0n) is 7.07. The van der Waals surface area contributed by atoms with Crippen LogP contribution in [-0.2, 0) is 4.79 Å². The van der Waals surface area contributed by atoms with E-state index in [1.807, 2.05) is 0 Å². The molecular formula is C10H14O2. The van der Waals surface area contributed by atoms with E-state index in [-0.39, 0.29) is 12.0 Å². The molecule has 4 fully saturated rings. The Balaban J connectivity index is 1.98. The second-order valence-electron chi connectivity index (χ2n) is 4.77. The van der Waals surface area contributed by atoms with Gasteiger partial charge >= 0.3 is 0 Å². The van der Waals surface area contributed by atoms with Crippen LogP contribution in [0.4, 0.5) is 0 Å². The van der Waals surface area contributed by atoms with Crippen molar-refractivity contribution in [1.29, 1.82) is 0 Å². The van der Waals surface area contributed by atoms with Crippen molar-refractivity contribution >= 4 is 5.78 Å². The highest BCUT2D eigenvalue weighted by atomic mass is 16.3. The number of hydrogen-bond acceptors (Lipinski definition) is 2. The number of hydrogen-bond donors (Lipinski definition) is 1. The van der Waals surface area contributed by atoms with E-state index in [0.717, 1.165) is 25.2 Å². The molecule has 0 spiro atoms. The Morgan fingerprint density at radius 2 is 2.00 bits per heavy atom. The largest absolute Gasteiger partial charge is 0.392 e. The van der Waals surface area contributed by atoms with Gasteiger partial charge in [0, 0.05) is 11.8 Å². The van der Waals surface area contributed by atoms with E-state index < -0.39 is 0 Å². The van der Waals surface area contributed by atoms with Gasteiger partial charge in [-0.15, -0.1) is 0 Å². The van der Waals surface area contributed by atoms with Gasteiger partial charge in [-0.1, -0.05) is 0 Å². The summed E-state index contributed by atoms with van der Waals surface area (Å²) in [7, 11) is 0. The van der Waals surface area contributed by atoms with Gasteiger partial charge in [0.1, 0.15) is 5.78 Å². The molecule has 66 valence electrons. The standard InChI is InChI=1S/C10H14O2/c11-9-6-1-5-2-7(4-6)10(12)8(9)3-5/h5-9,11H,1-4H2/t5?,6-,7+,8-,9-/m0/s1. The fraction of sp³-hybridized carbons (Fsp3) is 0.900. The third kappa shape index (κ3) is 0.717. The molecule has 0 aromatic heterocycles. The highest BCUT2D eigenvalue weighted by Crippen LogP contribution is 2.51. The Bertz CT molecular complexity index is 236. The molecule has 4 bridgehead atoms. The summed E-state index contributed by atoms with van der Waals surface area (Å²) < 4.78 is 0. The van der Waals surface area contributed by atoms with Crippen molar-refractivity contribution in [2.75, 3.05) is 0 Å². The maximum atomic E-state index is 11.6. The highest BCUT2D eigenvalue weighted by molar-refractivity contribution is 5.86. The predicted molar refractivity (Wildman–Crippen MR) is 43.4 cm³/mol. The van der Waals surface area contributed by atoms with Crippen molar-refractivity contribution in [2.24, 2.45) is 23.7 Å². The maximum Gasteiger partial charge on any atom is 0.141 e. The first-order chi connectivity index (χ1) is 5.75. The molecule has 0 aromatic carbocycles. The first-order valence-corrected chi connectivity index (χ1v) is 4.97. The molecule has 2 nitrogen and oxygen atoms in total. The van der Waals surface area contributed by atoms with Crippen LogP contribution in [0.25, 0.3) is 0 Å². The Morgan fingerprint density at radius 3 is 2.83 bits per heavy atom. The van der Waals surface area contributed by atoms with Gasteiger partial charge in [-0.05, 0) is 37.5 Å². The van der Waals surface area contributed by atoms with E-state index in [1.165, 1.54) is 6.42 Å². The topological polar surface area (TPSA) is 37.3 Å². The molecule has 4 saturated carbocycles. The highest BCUT2D eigenvalue weighted by Gasteiger charge is 2.52. The van der Waals surface area contributed by atoms with E-state index in [2.05, 4.69) is 0 Å². The fourth-order valence-electron chi connectivity index (χ4n) is 3.60. The third-order valence-electron chi connectivity index (χ3n) is 4.09. The average molecular weight is 166 g/mol. The molecule has 0 aromatic rings. The molecule has 1 N–H and O–H groups in total. The SMILES string of the molecule is O=C1[C@@H]2CC3C[C@@H](C2)[C@H](O)[C@@H]1C3. The molecule has 0 aliphatic heterocycles. The molecule has 2 heteroatoms. The molecule has 0 heterocycles. The van der Waals surface area contributed by atoms with Crippen molar-refractivity contribution < 1.29 is 9.90 Å². The van der Waals surface area contributed by atoms with Crippen LogP contribution in [-0.4, -0.2) is 17.0 Å². The molecule has 5 atom stereocenters. The van der Waals surface area contributed by atoms with Crippen molar-refractivity contribution in [3.05, 3.63) is 0 Å². The molecule has 4 rings (SSSR count). The summed E-state index contributed by atoms with van der Waals surface area (Å²) in [6, 6.07) is 0. The van der Waals surface area contributed by atoms with Gasteiger partial charge in [-0.25, -0.2) is 0 Å². The second-order valence-corrected chi connectivity index (χ2v) is 4.77. The second kappa shape index (κ2) is 2.11. The van der Waals surface area contributed by atoms with Crippen LogP contribution in [0.15, 0.2) is 0 Å². The molecule has 12 heavy (non-hydrogen) atoms. The summed E-state index contributed by atoms with van der Waals surface area (Å²) in [5, 5.41) is 9.78. The first kappa shape index (κ1) is 7.07. The van der Waals surface area contributed by atoms with E-state index in [0.29, 0.717) is 17.6 Å². The number of aliphatic hydroxyl groups is 1. The van der Waals surface area contributed by atoms with Crippen molar-refractivity contribution in [3.8, 4) is 0 Å². The van der Waals surface area contributed by atoms with Gasteiger partial charge in [0.2, 0.25) is 0 Å². The summed E-state index contributed by atoms with van der Waals surface area (Å²) in [6.45, 7) is 0. The van der Waals surface area contributed by atoms with Gasteiger partial charge in [-0.3, -0.25) is 4.79 Å². The molecule has 0 radical (unpaired) electrons. The molecular weight excluding hydrogens is 152 g/mol. The number of aliphatic hydroxyl groups excluding tert-OH is 1. The van der Waals surface area contributed by atoms with E-state index in [1.54, 1.807) is 0 Å². The molecule has 0 amide bonds. The maximum absolute atomic E-state index is 11.6. The van der Waals surface area contributed by atoms with Gasteiger partial charge in [-0.2, -0.15) is 0 Å². The van der Waals surface area contributed by atoms with Crippen molar-refractivity contribution in [2.45, 2.75) is 31.8 Å². The van der Waals surface area contributed by atoms with Crippen molar-refractivity contribution in [3.63, 3.8) is 0 Å². The lowest BCUT2D eigenvalue weighted by atomic mass is 9.54. The lowest BCUT2D eigenvalue weighted by Crippen LogP contribution is -2.53. The fourth-order valence-corrected chi connectivity index (χ4v) is 3.60. The Kier molecular flexibility index (Phi) is 1.24. The number of Topliss-reactive ketones (excluding diaryl/α,β-unsaturated/α-hetero) is 1. The normalized spacial score (nSPS) is 56.4. The van der Waals surface area contributed by atoms with Crippen LogP contribution in [0, 0.1) is 23.7 Å². The minimum absolute atomic E-state index is 0.0289. The first-order valence-electron chi connectivity index (χ1n) is 4.97. The summed E-state index contributed by atoms with van der Waals surface area (Å²) in [6.07, 6.45) is 3.98. The molecule has 0 saturated heterocycles. The summed E-state index contributed by atoms with van der Waals surface area (Å²) in [5.74, 6) is 1.96. The summed E-state index contributed by atoms with van der Waals surface area (Å²) in [4.78, 5) is 11.6. The Labute approximate surface area is 72.0 Å². The predicted octanol–water partition coefficient (Wildman–Crippen LogP) is 0.982. The smallest absolute Gasteiger partial charge is 0.141 e. The van der Waals surface area contributed by atoms with E-state index >= 15 is 0 Å². The Hall–Kier alpha value is -0.370. The van der Waals surface area contributed by atoms with Crippen LogP contribution in [0.2, 0.25) is 0 Å². The summed E-state index contributed by atoms with van der Waals surface area (Å²) in [5.41, 5.74) is 0. The zero-order valence-corrected chi connectivity index (χ0v) is 7.07. The number of carbonyl (C=O) groups excluding carboxylic acids is 1. The third-order valence-corrected chi connectivity index (χ3v) is 4.09. The van der Waals surface area contributed by atoms with E-state index in [9.17, 15) is 9.90 Å². The van der Waals surface area contributed by atoms with Crippen LogP contribution >= 0.6 is 0 Å². The van der Waals surface area contributed by atoms with Gasteiger partial charge in [0.05, 0.1) is 6.10 Å². The Morgan fingerprint density at radius 1 is 1.17 bits per heavy atom. The van der Waals surface area contributed by atoms with E-state index in [4.69, 9.17) is 0 Å². The number of carbonyl (C=O) groups is 1. The lowest BCUT2D eigenvalue weighted by Gasteiger charge is -2.51. The average Bonchev–Trinajstić information content (AvgIpc) is 2.07. The molecule has 4 aliphatic rings. The van der Waals surface area contributed by atoms with Crippen LogP contribution in [0.5, 0.6) is 0 Å². The molecule has 1 unspecified atom stereocenters. The number of rotatable bonds is 0. The van der Waals surface area contributed by atoms with Gasteiger partial charge in [0.25, 0.3) is 0 Å². The minimum Gasteiger partial charge on any atom is -0.392 e. The van der Waals surface area contributed by atoms with Crippen LogP contribution in [0.1, 0.15) is 25.7 Å². The zero-order chi connectivity index (χ0) is 8.29. The quantitative estimate of drug-likeness (QED) is 0.582. The van der Waals surface area contributed by atoms with Crippen LogP contribution in [0.3, 0.4) is 0 Å². The summed E-state index contributed by atoms with van der Waals surface area (Å²) >= 11 is 0. The number of ketones is 1. The van der Waals surface area contributed by atoms with Gasteiger partial charge in [0.15, 0.2) is 0 Å². The van der Waals surface area contributed by atoms with Crippen LogP contribution < -0.4 is 0 Å². The van der Waals surface area contributed by atoms with Crippen molar-refractivity contribution in [1.82, 2.24) is 0 Å².